The molecule has 0 aliphatic rings. The molecule has 0 aliphatic carbocycles. The van der Waals surface area contributed by atoms with Crippen molar-refractivity contribution < 1.29 is 9.13 Å². The van der Waals surface area contributed by atoms with E-state index in [1.807, 2.05) is 30.7 Å². The van der Waals surface area contributed by atoms with Gasteiger partial charge in [0.1, 0.15) is 5.82 Å². The largest absolute Gasteiger partial charge is 0.382 e. The highest BCUT2D eigenvalue weighted by Crippen LogP contribution is 2.22. The van der Waals surface area contributed by atoms with Gasteiger partial charge in [0, 0.05) is 31.6 Å². The normalized spacial score (nSPS) is 10.9. The monoisotopic (exact) mass is 355 g/mol. The van der Waals surface area contributed by atoms with Crippen LogP contribution in [0.1, 0.15) is 19.0 Å². The number of aromatic nitrogens is 2. The number of hydrogen-bond acceptors (Lipinski definition) is 3. The Bertz CT molecular complexity index is 601. The molecule has 0 aliphatic heterocycles. The molecular formula is C15H19BrFN3O. The SMILES string of the molecule is CCOCCCn1cc(C)nc1Nc1ccc(Br)c(F)c1. The number of halogens is 2. The Kier molecular flexibility index (Phi) is 5.76. The number of benzene rings is 1. The zero-order valence-electron chi connectivity index (χ0n) is 12.2. The molecule has 0 saturated carbocycles. The Balaban J connectivity index is 2.06. The highest BCUT2D eigenvalue weighted by molar-refractivity contribution is 9.10. The molecule has 0 spiro atoms. The number of nitrogens with zero attached hydrogens (tertiary/aromatic N) is 2. The van der Waals surface area contributed by atoms with Gasteiger partial charge < -0.3 is 14.6 Å². The van der Waals surface area contributed by atoms with E-state index in [1.54, 1.807) is 6.07 Å². The smallest absolute Gasteiger partial charge is 0.207 e. The molecular weight excluding hydrogens is 337 g/mol. The van der Waals surface area contributed by atoms with Gasteiger partial charge in [-0.2, -0.15) is 0 Å². The first-order valence-electron chi connectivity index (χ1n) is 6.93. The summed E-state index contributed by atoms with van der Waals surface area (Å²) < 4.78 is 21.4. The Morgan fingerprint density at radius 2 is 2.24 bits per heavy atom. The lowest BCUT2D eigenvalue weighted by atomic mass is 10.3. The topological polar surface area (TPSA) is 39.1 Å². The molecule has 6 heteroatoms. The maximum atomic E-state index is 13.5. The first-order chi connectivity index (χ1) is 10.1. The Hall–Kier alpha value is -1.40. The molecule has 1 heterocycles. The molecule has 1 aromatic heterocycles. The summed E-state index contributed by atoms with van der Waals surface area (Å²) in [5.41, 5.74) is 1.60. The van der Waals surface area contributed by atoms with E-state index in [0.717, 1.165) is 31.9 Å². The molecule has 0 radical (unpaired) electrons. The third-order valence-electron chi connectivity index (χ3n) is 2.96. The molecule has 0 amide bonds. The van der Waals surface area contributed by atoms with Crippen molar-refractivity contribution in [1.82, 2.24) is 9.55 Å². The second-order valence-electron chi connectivity index (χ2n) is 4.70. The summed E-state index contributed by atoms with van der Waals surface area (Å²) in [6.45, 7) is 6.18. The lowest BCUT2D eigenvalue weighted by molar-refractivity contribution is 0.142. The van der Waals surface area contributed by atoms with Crippen molar-refractivity contribution in [2.45, 2.75) is 26.8 Å². The van der Waals surface area contributed by atoms with Crippen molar-refractivity contribution in [3.8, 4) is 0 Å². The van der Waals surface area contributed by atoms with E-state index in [-0.39, 0.29) is 5.82 Å². The number of imidazole rings is 1. The van der Waals surface area contributed by atoms with Crippen molar-refractivity contribution in [2.75, 3.05) is 18.5 Å². The molecule has 114 valence electrons. The lowest BCUT2D eigenvalue weighted by Crippen LogP contribution is -2.06. The van der Waals surface area contributed by atoms with Crippen molar-refractivity contribution in [3.63, 3.8) is 0 Å². The number of anilines is 2. The minimum atomic E-state index is -0.300. The summed E-state index contributed by atoms with van der Waals surface area (Å²) in [4.78, 5) is 4.43. The quantitative estimate of drug-likeness (QED) is 0.754. The predicted molar refractivity (Wildman–Crippen MR) is 85.5 cm³/mol. The molecule has 0 bridgehead atoms. The second-order valence-corrected chi connectivity index (χ2v) is 5.56. The van der Waals surface area contributed by atoms with Crippen LogP contribution in [0.25, 0.3) is 0 Å². The maximum absolute atomic E-state index is 13.5. The van der Waals surface area contributed by atoms with Gasteiger partial charge in [0.25, 0.3) is 0 Å². The van der Waals surface area contributed by atoms with Gasteiger partial charge in [-0.1, -0.05) is 0 Å². The van der Waals surface area contributed by atoms with Gasteiger partial charge in [0.2, 0.25) is 5.95 Å². The fourth-order valence-electron chi connectivity index (χ4n) is 2.00. The number of rotatable bonds is 7. The van der Waals surface area contributed by atoms with Crippen LogP contribution in [-0.4, -0.2) is 22.8 Å². The second kappa shape index (κ2) is 7.56. The lowest BCUT2D eigenvalue weighted by Gasteiger charge is -2.10. The van der Waals surface area contributed by atoms with Crippen LogP contribution in [0.2, 0.25) is 0 Å². The molecule has 2 aromatic rings. The summed E-state index contributed by atoms with van der Waals surface area (Å²) in [5.74, 6) is 0.414. The van der Waals surface area contributed by atoms with Gasteiger partial charge in [-0.05, 0) is 54.4 Å². The molecule has 4 nitrogen and oxygen atoms in total. The van der Waals surface area contributed by atoms with E-state index in [1.165, 1.54) is 6.07 Å². The van der Waals surface area contributed by atoms with Crippen LogP contribution in [0.15, 0.2) is 28.9 Å². The van der Waals surface area contributed by atoms with Crippen molar-refractivity contribution in [1.29, 1.82) is 0 Å². The summed E-state index contributed by atoms with van der Waals surface area (Å²) in [5, 5.41) is 3.15. The fourth-order valence-corrected chi connectivity index (χ4v) is 2.25. The number of hydrogen-bond donors (Lipinski definition) is 1. The van der Waals surface area contributed by atoms with Crippen LogP contribution in [0.5, 0.6) is 0 Å². The van der Waals surface area contributed by atoms with Gasteiger partial charge in [-0.3, -0.25) is 0 Å². The van der Waals surface area contributed by atoms with Crippen molar-refractivity contribution in [3.05, 3.63) is 40.4 Å². The van der Waals surface area contributed by atoms with Crippen molar-refractivity contribution >= 4 is 27.6 Å². The van der Waals surface area contributed by atoms with Crippen LogP contribution < -0.4 is 5.32 Å². The van der Waals surface area contributed by atoms with Crippen LogP contribution in [0, 0.1) is 12.7 Å². The maximum Gasteiger partial charge on any atom is 0.207 e. The number of aryl methyl sites for hydroxylation is 2. The Labute approximate surface area is 132 Å². The first-order valence-corrected chi connectivity index (χ1v) is 7.73. The molecule has 21 heavy (non-hydrogen) atoms. The van der Waals surface area contributed by atoms with Gasteiger partial charge in [0.15, 0.2) is 0 Å². The summed E-state index contributed by atoms with van der Waals surface area (Å²) >= 11 is 3.14. The van der Waals surface area contributed by atoms with Crippen LogP contribution >= 0.6 is 15.9 Å². The zero-order valence-corrected chi connectivity index (χ0v) is 13.8. The minimum Gasteiger partial charge on any atom is -0.382 e. The molecule has 0 atom stereocenters. The van der Waals surface area contributed by atoms with Gasteiger partial charge in [-0.25, -0.2) is 9.37 Å². The summed E-state index contributed by atoms with van der Waals surface area (Å²) in [6.07, 6.45) is 2.89. The summed E-state index contributed by atoms with van der Waals surface area (Å²) in [7, 11) is 0. The van der Waals surface area contributed by atoms with E-state index in [9.17, 15) is 4.39 Å². The minimum absolute atomic E-state index is 0.300. The summed E-state index contributed by atoms with van der Waals surface area (Å²) in [6, 6.07) is 4.92. The average molecular weight is 356 g/mol. The standard InChI is InChI=1S/C15H19BrFN3O/c1-3-21-8-4-7-20-10-11(2)18-15(20)19-12-5-6-13(16)14(17)9-12/h5-6,9-10H,3-4,7-8H2,1-2H3,(H,18,19). The molecule has 1 aromatic carbocycles. The van der Waals surface area contributed by atoms with Crippen LogP contribution in [0.4, 0.5) is 16.0 Å². The highest BCUT2D eigenvalue weighted by Gasteiger charge is 2.07. The molecule has 0 unspecified atom stereocenters. The highest BCUT2D eigenvalue weighted by atomic mass is 79.9. The molecule has 0 saturated heterocycles. The van der Waals surface area contributed by atoms with E-state index < -0.39 is 0 Å². The predicted octanol–water partition coefficient (Wildman–Crippen LogP) is 4.26. The number of ether oxygens (including phenoxy) is 1. The van der Waals surface area contributed by atoms with E-state index in [2.05, 4.69) is 26.2 Å². The number of nitrogens with one attached hydrogen (secondary N) is 1. The Morgan fingerprint density at radius 3 is 2.95 bits per heavy atom. The third-order valence-corrected chi connectivity index (χ3v) is 3.61. The van der Waals surface area contributed by atoms with E-state index >= 15 is 0 Å². The average Bonchev–Trinajstić information content (AvgIpc) is 2.79. The van der Waals surface area contributed by atoms with Crippen molar-refractivity contribution in [2.24, 2.45) is 0 Å². The van der Waals surface area contributed by atoms with Crippen LogP contribution in [-0.2, 0) is 11.3 Å². The Morgan fingerprint density at radius 1 is 1.43 bits per heavy atom. The molecule has 2 rings (SSSR count). The first kappa shape index (κ1) is 16.0. The van der Waals surface area contributed by atoms with Crippen LogP contribution in [0.3, 0.4) is 0 Å². The fraction of sp³-hybridized carbons (Fsp3) is 0.400. The van der Waals surface area contributed by atoms with Gasteiger partial charge in [-0.15, -0.1) is 0 Å². The van der Waals surface area contributed by atoms with Gasteiger partial charge in [0.05, 0.1) is 10.2 Å². The van der Waals surface area contributed by atoms with E-state index in [4.69, 9.17) is 4.74 Å². The molecule has 0 fully saturated rings. The van der Waals surface area contributed by atoms with Gasteiger partial charge >= 0.3 is 0 Å². The third kappa shape index (κ3) is 4.54. The zero-order chi connectivity index (χ0) is 15.2. The molecule has 1 N–H and O–H groups in total. The van der Waals surface area contributed by atoms with E-state index in [0.29, 0.717) is 16.1 Å².